The molecule has 332 valence electrons. The van der Waals surface area contributed by atoms with Crippen molar-refractivity contribution >= 4 is 41.4 Å². The first kappa shape index (κ1) is 55.3. The number of carbonyl (C=O) groups is 7. The molecule has 15 nitrogen and oxygen atoms in total. The second-order valence-electron chi connectivity index (χ2n) is 13.2. The minimum absolute atomic E-state index is 0.0350. The van der Waals surface area contributed by atoms with E-state index < -0.39 is 24.2 Å². The second kappa shape index (κ2) is 32.2. The van der Waals surface area contributed by atoms with E-state index in [2.05, 4.69) is 16.0 Å². The van der Waals surface area contributed by atoms with Crippen molar-refractivity contribution in [3.63, 3.8) is 0 Å². The number of amides is 7. The third-order valence-electron chi connectivity index (χ3n) is 9.62. The van der Waals surface area contributed by atoms with E-state index in [0.29, 0.717) is 58.4 Å². The van der Waals surface area contributed by atoms with Gasteiger partial charge in [0.15, 0.2) is 11.6 Å². The summed E-state index contributed by atoms with van der Waals surface area (Å²) >= 11 is 0. The molecule has 0 aromatic rings. The number of aliphatic hydroxyl groups is 1. The predicted molar refractivity (Wildman–Crippen MR) is 227 cm³/mol. The van der Waals surface area contributed by atoms with Gasteiger partial charge < -0.3 is 40.7 Å². The number of urea groups is 2. The van der Waals surface area contributed by atoms with E-state index in [1.807, 2.05) is 76.2 Å². The molecular weight excluding hydrogens is 731 g/mol. The van der Waals surface area contributed by atoms with Gasteiger partial charge in [0.05, 0.1) is 36.8 Å². The van der Waals surface area contributed by atoms with Gasteiger partial charge in [0.1, 0.15) is 0 Å². The Morgan fingerprint density at radius 1 is 0.526 bits per heavy atom. The fraction of sp³-hybridized carbons (Fsp3) is 0.833. The summed E-state index contributed by atoms with van der Waals surface area (Å²) in [5.74, 6) is -0.507. The smallest absolute Gasteiger partial charge is 0.318 e. The molecule has 0 bridgehead atoms. The van der Waals surface area contributed by atoms with Crippen LogP contribution in [0.25, 0.3) is 0 Å². The lowest BCUT2D eigenvalue weighted by Gasteiger charge is -2.30. The van der Waals surface area contributed by atoms with Crippen molar-refractivity contribution in [1.82, 2.24) is 35.6 Å². The van der Waals surface area contributed by atoms with Crippen LogP contribution >= 0.6 is 0 Å². The highest BCUT2D eigenvalue weighted by Gasteiger charge is 2.45. The fourth-order valence-corrected chi connectivity index (χ4v) is 7.10. The Kier molecular flexibility index (Phi) is 31.3. The summed E-state index contributed by atoms with van der Waals surface area (Å²) in [7, 11) is 0. The van der Waals surface area contributed by atoms with E-state index >= 15 is 0 Å². The monoisotopic (exact) mass is 812 g/mol. The third-order valence-corrected chi connectivity index (χ3v) is 9.62. The van der Waals surface area contributed by atoms with Crippen LogP contribution in [-0.4, -0.2) is 142 Å². The SMILES string of the molecule is CC.CC.CC.CC.CCCNC(=O)CNC(=O)N1C[C@@H](O)CC1C(=O)[C@@H]1CCCN1C(=O)CC.CCCNC(=O)N1CCCC1C(=O)[C@@H]1CCCN1C(=O)CC. The van der Waals surface area contributed by atoms with Crippen molar-refractivity contribution in [3.05, 3.63) is 0 Å². The number of Topliss-reactive ketones (excluding diaryl/α,β-unsaturated/α-hetero) is 2. The lowest BCUT2D eigenvalue weighted by Crippen LogP contribution is -2.53. The molecule has 4 aliphatic heterocycles. The lowest BCUT2D eigenvalue weighted by atomic mass is 10.00. The molecule has 0 aliphatic carbocycles. The number of rotatable bonds is 12. The number of nitrogens with one attached hydrogen (secondary N) is 3. The third kappa shape index (κ3) is 17.3. The second-order valence-corrected chi connectivity index (χ2v) is 13.2. The summed E-state index contributed by atoms with van der Waals surface area (Å²) in [5.41, 5.74) is 0. The number of nitrogens with zero attached hydrogens (tertiary/aromatic N) is 4. The van der Waals surface area contributed by atoms with E-state index in [1.54, 1.807) is 21.6 Å². The molecule has 15 heteroatoms. The van der Waals surface area contributed by atoms with Gasteiger partial charge >= 0.3 is 12.1 Å². The number of β-amino-alcohol motifs (C(OH)–C–C–N with tert-alkyl or cyclic N) is 1. The van der Waals surface area contributed by atoms with Crippen molar-refractivity contribution in [2.45, 2.75) is 184 Å². The molecule has 57 heavy (non-hydrogen) atoms. The minimum atomic E-state index is -0.796. The van der Waals surface area contributed by atoms with Crippen LogP contribution in [-0.2, 0) is 24.0 Å². The van der Waals surface area contributed by atoms with Gasteiger partial charge in [-0.15, -0.1) is 0 Å². The van der Waals surface area contributed by atoms with Crippen LogP contribution in [0, 0.1) is 0 Å². The highest BCUT2D eigenvalue weighted by molar-refractivity contribution is 5.97. The quantitative estimate of drug-likeness (QED) is 0.205. The van der Waals surface area contributed by atoms with E-state index in [-0.39, 0.29) is 66.9 Å². The van der Waals surface area contributed by atoms with Gasteiger partial charge in [-0.1, -0.05) is 83.1 Å². The number of hydrogen-bond acceptors (Lipinski definition) is 8. The van der Waals surface area contributed by atoms with Gasteiger partial charge in [-0.05, 0) is 51.4 Å². The standard InChI is InChI=1S/C18H30N4O5.C16H27N3O3.4C2H6/c1-3-7-19-15(24)10-20-18(27)22-11-12(23)9-14(22)17(26)13-6-5-8-21(13)16(25)4-2;1-3-9-17-16(22)19-11-6-8-13(19)15(21)12-7-5-10-18(12)14(20)4-2;4*1-2/h12-14,23H,3-11H2,1-2H3,(H,19,24)(H,20,27);12-13H,3-11H2,1-2H3,(H,17,22);4*1-2H3/t12-,13-,14?;12-,13?;;;;/m00..../s1. The Hall–Kier alpha value is -3.75. The van der Waals surface area contributed by atoms with Gasteiger partial charge in [-0.25, -0.2) is 9.59 Å². The molecule has 4 aliphatic rings. The molecule has 4 N–H and O–H groups in total. The van der Waals surface area contributed by atoms with Crippen molar-refractivity contribution in [1.29, 1.82) is 0 Å². The van der Waals surface area contributed by atoms with E-state index in [9.17, 15) is 38.7 Å². The lowest BCUT2D eigenvalue weighted by molar-refractivity contribution is -0.138. The molecule has 2 unspecified atom stereocenters. The van der Waals surface area contributed by atoms with Gasteiger partial charge in [-0.3, -0.25) is 24.0 Å². The molecule has 0 spiro atoms. The van der Waals surface area contributed by atoms with E-state index in [1.165, 1.54) is 4.90 Å². The van der Waals surface area contributed by atoms with Crippen LogP contribution in [0.3, 0.4) is 0 Å². The largest absolute Gasteiger partial charge is 0.391 e. The van der Waals surface area contributed by atoms with Crippen LogP contribution in [0.2, 0.25) is 0 Å². The summed E-state index contributed by atoms with van der Waals surface area (Å²) in [6.45, 7) is 26.3. The number of carbonyl (C=O) groups excluding carboxylic acids is 7. The zero-order valence-electron chi connectivity index (χ0n) is 37.7. The number of aliphatic hydroxyl groups excluding tert-OH is 1. The molecule has 4 saturated heterocycles. The molecule has 7 amide bonds. The molecule has 0 saturated carbocycles. The first-order valence-corrected chi connectivity index (χ1v) is 22.2. The molecule has 0 aromatic heterocycles. The van der Waals surface area contributed by atoms with Gasteiger partial charge in [0, 0.05) is 58.5 Å². The summed E-state index contributed by atoms with van der Waals surface area (Å²) in [6, 6.07) is -2.74. The number of ketones is 2. The highest BCUT2D eigenvalue weighted by atomic mass is 16.3. The maximum absolute atomic E-state index is 13.0. The molecule has 4 heterocycles. The molecule has 5 atom stereocenters. The van der Waals surface area contributed by atoms with Gasteiger partial charge in [0.2, 0.25) is 17.7 Å². The van der Waals surface area contributed by atoms with Crippen LogP contribution in [0.4, 0.5) is 9.59 Å². The zero-order valence-corrected chi connectivity index (χ0v) is 37.7. The van der Waals surface area contributed by atoms with Crippen molar-refractivity contribution in [3.8, 4) is 0 Å². The first-order valence-electron chi connectivity index (χ1n) is 22.2. The van der Waals surface area contributed by atoms with E-state index in [0.717, 1.165) is 38.5 Å². The number of likely N-dealkylation sites (tertiary alicyclic amines) is 4. The fourth-order valence-electron chi connectivity index (χ4n) is 7.10. The Morgan fingerprint density at radius 2 is 0.912 bits per heavy atom. The van der Waals surface area contributed by atoms with E-state index in [4.69, 9.17) is 0 Å². The maximum Gasteiger partial charge on any atom is 0.318 e. The Morgan fingerprint density at radius 3 is 1.35 bits per heavy atom. The average molecular weight is 812 g/mol. The van der Waals surface area contributed by atoms with Crippen LogP contribution in [0.15, 0.2) is 0 Å². The minimum Gasteiger partial charge on any atom is -0.391 e. The molecule has 0 radical (unpaired) electrons. The van der Waals surface area contributed by atoms with Crippen molar-refractivity contribution < 1.29 is 38.7 Å². The molecule has 0 aromatic carbocycles. The van der Waals surface area contributed by atoms with Gasteiger partial charge in [0.25, 0.3) is 0 Å². The highest BCUT2D eigenvalue weighted by Crippen LogP contribution is 2.28. The van der Waals surface area contributed by atoms with Crippen LogP contribution in [0.1, 0.15) is 154 Å². The Balaban J connectivity index is 0. The zero-order chi connectivity index (χ0) is 44.1. The van der Waals surface area contributed by atoms with Crippen molar-refractivity contribution in [2.75, 3.05) is 45.8 Å². The first-order chi connectivity index (χ1) is 27.5. The molecular formula is C42H81N7O8. The Labute approximate surface area is 344 Å². The Bertz CT molecular complexity index is 1200. The predicted octanol–water partition coefficient (Wildman–Crippen LogP) is 5.27. The molecule has 4 rings (SSSR count). The normalized spacial score (nSPS) is 21.7. The number of hydrogen-bond donors (Lipinski definition) is 4. The summed E-state index contributed by atoms with van der Waals surface area (Å²) in [5, 5.41) is 18.0. The van der Waals surface area contributed by atoms with Crippen LogP contribution < -0.4 is 16.0 Å². The summed E-state index contributed by atoms with van der Waals surface area (Å²) in [6.07, 6.45) is 6.27. The van der Waals surface area contributed by atoms with Crippen LogP contribution in [0.5, 0.6) is 0 Å². The summed E-state index contributed by atoms with van der Waals surface area (Å²) < 4.78 is 0. The topological polar surface area (TPSA) is 189 Å². The summed E-state index contributed by atoms with van der Waals surface area (Å²) in [4.78, 5) is 92.5. The average Bonchev–Trinajstić information content (AvgIpc) is 4.10. The van der Waals surface area contributed by atoms with Crippen molar-refractivity contribution in [2.24, 2.45) is 0 Å². The van der Waals surface area contributed by atoms with Gasteiger partial charge in [-0.2, -0.15) is 0 Å². The maximum atomic E-state index is 13.0. The molecule has 4 fully saturated rings.